The van der Waals surface area contributed by atoms with Crippen LogP contribution in [0.2, 0.25) is 0 Å². The molecule has 3 rings (SSSR count). The van der Waals surface area contributed by atoms with Gasteiger partial charge >= 0.3 is 0 Å². The monoisotopic (exact) mass is 278 g/mol. The fourth-order valence-electron chi connectivity index (χ4n) is 2.53. The van der Waals surface area contributed by atoms with Gasteiger partial charge in [0.1, 0.15) is 0 Å². The van der Waals surface area contributed by atoms with E-state index in [-0.39, 0.29) is 5.75 Å². The lowest BCUT2D eigenvalue weighted by Gasteiger charge is -2.08. The number of phenols is 1. The van der Waals surface area contributed by atoms with Crippen molar-refractivity contribution in [3.63, 3.8) is 0 Å². The lowest BCUT2D eigenvalue weighted by Crippen LogP contribution is -1.89. The van der Waals surface area contributed by atoms with Gasteiger partial charge in [0.05, 0.1) is 7.11 Å². The molecule has 2 heteroatoms. The highest BCUT2D eigenvalue weighted by Gasteiger charge is 2.05. The van der Waals surface area contributed by atoms with Crippen LogP contribution in [0.5, 0.6) is 11.5 Å². The Kier molecular flexibility index (Phi) is 3.53. The Balaban J connectivity index is 1.96. The lowest BCUT2D eigenvalue weighted by molar-refractivity contribution is 0.374. The Labute approximate surface area is 124 Å². The maximum Gasteiger partial charge on any atom is 0.161 e. The molecule has 0 aliphatic heterocycles. The predicted octanol–water partition coefficient (Wildman–Crippen LogP) is 4.45. The molecule has 1 N–H and O–H groups in total. The van der Waals surface area contributed by atoms with E-state index >= 15 is 0 Å². The standard InChI is InChI=1S/C19H18O2/c1-13-3-5-14(6-4-13)9-15-7-8-16-11-18(20)19(21-2)12-17(16)10-15/h3-8,10-12,20H,9H2,1-2H3. The van der Waals surface area contributed by atoms with Gasteiger partial charge in [0.25, 0.3) is 0 Å². The van der Waals surface area contributed by atoms with E-state index in [1.807, 2.05) is 12.1 Å². The predicted molar refractivity (Wildman–Crippen MR) is 86.1 cm³/mol. The van der Waals surface area contributed by atoms with Crippen LogP contribution in [0, 0.1) is 6.92 Å². The van der Waals surface area contributed by atoms with E-state index in [9.17, 15) is 5.11 Å². The molecule has 0 aromatic heterocycles. The second-order valence-electron chi connectivity index (χ2n) is 5.37. The van der Waals surface area contributed by atoms with E-state index in [4.69, 9.17) is 4.74 Å². The summed E-state index contributed by atoms with van der Waals surface area (Å²) in [4.78, 5) is 0. The number of aryl methyl sites for hydroxylation is 1. The first kappa shape index (κ1) is 13.5. The summed E-state index contributed by atoms with van der Waals surface area (Å²) >= 11 is 0. The third-order valence-electron chi connectivity index (χ3n) is 3.73. The Morgan fingerprint density at radius 2 is 1.57 bits per heavy atom. The van der Waals surface area contributed by atoms with Crippen LogP contribution in [0.1, 0.15) is 16.7 Å². The molecule has 0 bridgehead atoms. The lowest BCUT2D eigenvalue weighted by atomic mass is 10.0. The van der Waals surface area contributed by atoms with E-state index < -0.39 is 0 Å². The van der Waals surface area contributed by atoms with Gasteiger partial charge < -0.3 is 9.84 Å². The summed E-state index contributed by atoms with van der Waals surface area (Å²) in [5.74, 6) is 0.686. The molecule has 0 heterocycles. The van der Waals surface area contributed by atoms with E-state index in [0.29, 0.717) is 5.75 Å². The zero-order chi connectivity index (χ0) is 14.8. The highest BCUT2D eigenvalue weighted by Crippen LogP contribution is 2.31. The van der Waals surface area contributed by atoms with Crippen LogP contribution in [0.3, 0.4) is 0 Å². The molecule has 21 heavy (non-hydrogen) atoms. The van der Waals surface area contributed by atoms with Crippen LogP contribution in [0.4, 0.5) is 0 Å². The van der Waals surface area contributed by atoms with Crippen molar-refractivity contribution in [3.05, 3.63) is 71.3 Å². The van der Waals surface area contributed by atoms with Crippen molar-refractivity contribution >= 4 is 10.8 Å². The number of aromatic hydroxyl groups is 1. The molecule has 3 aromatic rings. The van der Waals surface area contributed by atoms with Crippen LogP contribution in [0.25, 0.3) is 10.8 Å². The van der Waals surface area contributed by atoms with Gasteiger partial charge in [0.15, 0.2) is 11.5 Å². The van der Waals surface area contributed by atoms with Gasteiger partial charge in [-0.25, -0.2) is 0 Å². The molecule has 0 unspecified atom stereocenters. The van der Waals surface area contributed by atoms with Gasteiger partial charge in [-0.2, -0.15) is 0 Å². The number of methoxy groups -OCH3 is 1. The highest BCUT2D eigenvalue weighted by molar-refractivity contribution is 5.86. The smallest absolute Gasteiger partial charge is 0.161 e. The van der Waals surface area contributed by atoms with E-state index in [1.165, 1.54) is 16.7 Å². The van der Waals surface area contributed by atoms with Crippen LogP contribution in [-0.2, 0) is 6.42 Å². The van der Waals surface area contributed by atoms with Gasteiger partial charge in [-0.3, -0.25) is 0 Å². The summed E-state index contributed by atoms with van der Waals surface area (Å²) in [5.41, 5.74) is 3.82. The zero-order valence-electron chi connectivity index (χ0n) is 12.3. The summed E-state index contributed by atoms with van der Waals surface area (Å²) in [6.45, 7) is 2.10. The van der Waals surface area contributed by atoms with Crippen LogP contribution in [0.15, 0.2) is 54.6 Å². The quantitative estimate of drug-likeness (QED) is 0.766. The normalized spacial score (nSPS) is 10.8. The molecule has 0 aliphatic rings. The summed E-state index contributed by atoms with van der Waals surface area (Å²) in [5, 5.41) is 11.9. The van der Waals surface area contributed by atoms with Crippen molar-refractivity contribution in [2.75, 3.05) is 7.11 Å². The van der Waals surface area contributed by atoms with Crippen LogP contribution in [-0.4, -0.2) is 12.2 Å². The van der Waals surface area contributed by atoms with E-state index in [0.717, 1.165) is 17.2 Å². The Bertz CT molecular complexity index is 773. The van der Waals surface area contributed by atoms with Crippen molar-refractivity contribution in [2.24, 2.45) is 0 Å². The molecule has 2 nitrogen and oxygen atoms in total. The second kappa shape index (κ2) is 5.49. The fraction of sp³-hybridized carbons (Fsp3) is 0.158. The molecule has 0 spiro atoms. The van der Waals surface area contributed by atoms with Gasteiger partial charge in [-0.05, 0) is 47.4 Å². The third kappa shape index (κ3) is 2.84. The van der Waals surface area contributed by atoms with Gasteiger partial charge in [-0.15, -0.1) is 0 Å². The Morgan fingerprint density at radius 3 is 2.29 bits per heavy atom. The zero-order valence-corrected chi connectivity index (χ0v) is 12.3. The van der Waals surface area contributed by atoms with E-state index in [2.05, 4.69) is 43.3 Å². The summed E-state index contributed by atoms with van der Waals surface area (Å²) in [6.07, 6.45) is 0.902. The number of rotatable bonds is 3. The summed E-state index contributed by atoms with van der Waals surface area (Å²) in [6, 6.07) is 18.5. The molecule has 0 amide bonds. The molecule has 0 fully saturated rings. The minimum atomic E-state index is 0.177. The topological polar surface area (TPSA) is 29.5 Å². The molecular weight excluding hydrogens is 260 g/mol. The SMILES string of the molecule is COc1cc2cc(Cc3ccc(C)cc3)ccc2cc1O. The molecule has 3 aromatic carbocycles. The number of benzene rings is 3. The molecule has 0 aliphatic carbocycles. The number of hydrogen-bond donors (Lipinski definition) is 1. The van der Waals surface area contributed by atoms with Gasteiger partial charge in [0, 0.05) is 0 Å². The van der Waals surface area contributed by atoms with Crippen molar-refractivity contribution in [3.8, 4) is 11.5 Å². The third-order valence-corrected chi connectivity index (χ3v) is 3.73. The Hall–Kier alpha value is -2.48. The molecule has 0 saturated heterocycles. The summed E-state index contributed by atoms with van der Waals surface area (Å²) < 4.78 is 5.17. The minimum absolute atomic E-state index is 0.177. The highest BCUT2D eigenvalue weighted by atomic mass is 16.5. The van der Waals surface area contributed by atoms with Gasteiger partial charge in [-0.1, -0.05) is 48.0 Å². The molecule has 0 radical (unpaired) electrons. The average molecular weight is 278 g/mol. The van der Waals surface area contributed by atoms with Crippen molar-refractivity contribution in [2.45, 2.75) is 13.3 Å². The Morgan fingerprint density at radius 1 is 0.857 bits per heavy atom. The van der Waals surface area contributed by atoms with E-state index in [1.54, 1.807) is 13.2 Å². The van der Waals surface area contributed by atoms with Crippen LogP contribution < -0.4 is 4.74 Å². The maximum absolute atomic E-state index is 9.81. The largest absolute Gasteiger partial charge is 0.504 e. The fourth-order valence-corrected chi connectivity index (χ4v) is 2.53. The first-order valence-electron chi connectivity index (χ1n) is 7.01. The maximum atomic E-state index is 9.81. The number of hydrogen-bond acceptors (Lipinski definition) is 2. The van der Waals surface area contributed by atoms with Crippen molar-refractivity contribution in [1.29, 1.82) is 0 Å². The second-order valence-corrected chi connectivity index (χ2v) is 5.37. The average Bonchev–Trinajstić information content (AvgIpc) is 2.49. The minimum Gasteiger partial charge on any atom is -0.504 e. The summed E-state index contributed by atoms with van der Waals surface area (Å²) in [7, 11) is 1.57. The number of fused-ring (bicyclic) bond motifs is 1. The van der Waals surface area contributed by atoms with Crippen molar-refractivity contribution in [1.82, 2.24) is 0 Å². The van der Waals surface area contributed by atoms with Crippen molar-refractivity contribution < 1.29 is 9.84 Å². The molecule has 0 atom stereocenters. The van der Waals surface area contributed by atoms with Crippen LogP contribution >= 0.6 is 0 Å². The first-order chi connectivity index (χ1) is 10.2. The number of phenolic OH excluding ortho intramolecular Hbond substituents is 1. The molecular formula is C19H18O2. The van der Waals surface area contributed by atoms with Gasteiger partial charge in [0.2, 0.25) is 0 Å². The number of ether oxygens (including phenoxy) is 1. The first-order valence-corrected chi connectivity index (χ1v) is 7.01. The molecule has 106 valence electrons. The molecule has 0 saturated carbocycles.